The van der Waals surface area contributed by atoms with Crippen LogP contribution < -0.4 is 16.9 Å². The van der Waals surface area contributed by atoms with Crippen LogP contribution in [-0.4, -0.2) is 18.4 Å². The summed E-state index contributed by atoms with van der Waals surface area (Å²) in [5.74, 6) is -1.00. The van der Waals surface area contributed by atoms with E-state index in [2.05, 4.69) is 10.3 Å². The molecule has 0 aliphatic rings. The Kier molecular flexibility index (Phi) is 4.28. The molecule has 0 fully saturated rings. The molecule has 0 aliphatic carbocycles. The lowest BCUT2D eigenvalue weighted by atomic mass is 10.1. The number of hydroxylamine groups is 1. The molecule has 0 unspecified atom stereocenters. The summed E-state index contributed by atoms with van der Waals surface area (Å²) in [7, 11) is 0. The highest BCUT2D eigenvalue weighted by Crippen LogP contribution is 2.05. The molecule has 6 nitrogen and oxygen atoms in total. The van der Waals surface area contributed by atoms with Crippen molar-refractivity contribution in [3.63, 3.8) is 0 Å². The van der Waals surface area contributed by atoms with Gasteiger partial charge in [0, 0.05) is 5.69 Å². The molecular formula is C10H13N3O3. The van der Waals surface area contributed by atoms with Crippen LogP contribution in [0.2, 0.25) is 0 Å². The Morgan fingerprint density at radius 1 is 1.25 bits per heavy atom. The Morgan fingerprint density at radius 2 is 1.88 bits per heavy atom. The minimum atomic E-state index is -0.646. The zero-order chi connectivity index (χ0) is 12.0. The molecule has 16 heavy (non-hydrogen) atoms. The van der Waals surface area contributed by atoms with Crippen molar-refractivity contribution < 1.29 is 14.4 Å². The molecule has 86 valence electrons. The van der Waals surface area contributed by atoms with Crippen molar-refractivity contribution in [1.82, 2.24) is 5.48 Å². The van der Waals surface area contributed by atoms with E-state index < -0.39 is 5.91 Å². The van der Waals surface area contributed by atoms with Crippen LogP contribution >= 0.6 is 0 Å². The first kappa shape index (κ1) is 12.0. The average Bonchev–Trinajstić information content (AvgIpc) is 2.21. The molecule has 1 aromatic rings. The third-order valence-electron chi connectivity index (χ3n) is 1.74. The van der Waals surface area contributed by atoms with Crippen LogP contribution in [0.5, 0.6) is 0 Å². The molecule has 0 heterocycles. The number of hydrogen-bond donors (Lipinski definition) is 3. The predicted molar refractivity (Wildman–Crippen MR) is 57.8 cm³/mol. The number of carbonyl (C=O) groups is 2. The van der Waals surface area contributed by atoms with Gasteiger partial charge in [0.25, 0.3) is 0 Å². The van der Waals surface area contributed by atoms with E-state index in [1.165, 1.54) is 0 Å². The molecule has 2 amide bonds. The quantitative estimate of drug-likeness (QED) is 0.455. The fourth-order valence-corrected chi connectivity index (χ4v) is 1.04. The zero-order valence-electron chi connectivity index (χ0n) is 8.60. The fraction of sp³-hybridized carbons (Fsp3) is 0.200. The van der Waals surface area contributed by atoms with E-state index in [4.69, 9.17) is 11.5 Å². The van der Waals surface area contributed by atoms with E-state index in [1.807, 2.05) is 0 Å². The van der Waals surface area contributed by atoms with Gasteiger partial charge in [-0.3, -0.25) is 14.4 Å². The Balaban J connectivity index is 2.34. The number of anilines is 1. The Morgan fingerprint density at radius 3 is 2.44 bits per heavy atom. The third-order valence-corrected chi connectivity index (χ3v) is 1.74. The van der Waals surface area contributed by atoms with Crippen molar-refractivity contribution in [1.29, 1.82) is 0 Å². The Bertz CT molecular complexity index is 375. The predicted octanol–water partition coefficient (Wildman–Crippen LogP) is -0.656. The first-order chi connectivity index (χ1) is 7.58. The molecule has 0 bridgehead atoms. The van der Waals surface area contributed by atoms with Gasteiger partial charge in [0.2, 0.25) is 11.8 Å². The van der Waals surface area contributed by atoms with E-state index in [1.54, 1.807) is 24.3 Å². The number of amides is 2. The largest absolute Gasteiger partial charge is 0.399 e. The number of benzene rings is 1. The van der Waals surface area contributed by atoms with E-state index in [9.17, 15) is 9.59 Å². The Labute approximate surface area is 92.5 Å². The van der Waals surface area contributed by atoms with Crippen molar-refractivity contribution in [2.75, 3.05) is 12.3 Å². The summed E-state index contributed by atoms with van der Waals surface area (Å²) in [6, 6.07) is 6.88. The molecule has 0 aromatic heterocycles. The minimum absolute atomic E-state index is 0.152. The molecule has 0 saturated heterocycles. The lowest BCUT2D eigenvalue weighted by molar-refractivity contribution is -0.137. The van der Waals surface area contributed by atoms with Crippen molar-refractivity contribution in [2.24, 2.45) is 5.73 Å². The standard InChI is InChI=1S/C10H13N3O3/c11-8-3-1-7(2-4-8)5-10(15)13-16-6-9(12)14/h1-4H,5-6,11H2,(H2,12,14)(H,13,15). The summed E-state index contributed by atoms with van der Waals surface area (Å²) in [6.45, 7) is -0.340. The second-order valence-corrected chi connectivity index (χ2v) is 3.20. The topological polar surface area (TPSA) is 107 Å². The van der Waals surface area contributed by atoms with Crippen LogP contribution in [0, 0.1) is 0 Å². The molecule has 1 rings (SSSR count). The third kappa shape index (κ3) is 4.43. The molecule has 0 aliphatic heterocycles. The highest BCUT2D eigenvalue weighted by atomic mass is 16.7. The summed E-state index contributed by atoms with van der Waals surface area (Å²) in [6.07, 6.45) is 0.152. The van der Waals surface area contributed by atoms with Crippen LogP contribution in [0.25, 0.3) is 0 Å². The van der Waals surface area contributed by atoms with E-state index in [0.717, 1.165) is 5.56 Å². The van der Waals surface area contributed by atoms with Crippen LogP contribution in [0.15, 0.2) is 24.3 Å². The normalized spacial score (nSPS) is 9.75. The maximum absolute atomic E-state index is 11.3. The summed E-state index contributed by atoms with van der Waals surface area (Å²) in [5.41, 5.74) is 13.9. The summed E-state index contributed by atoms with van der Waals surface area (Å²) < 4.78 is 0. The van der Waals surface area contributed by atoms with Crippen molar-refractivity contribution >= 4 is 17.5 Å². The molecule has 6 heteroatoms. The van der Waals surface area contributed by atoms with Crippen LogP contribution in [0.1, 0.15) is 5.56 Å². The number of primary amides is 1. The summed E-state index contributed by atoms with van der Waals surface area (Å²) >= 11 is 0. The number of nitrogens with one attached hydrogen (secondary N) is 1. The number of nitrogen functional groups attached to an aromatic ring is 1. The molecule has 0 spiro atoms. The average molecular weight is 223 g/mol. The van der Waals surface area contributed by atoms with Crippen LogP contribution in [0.4, 0.5) is 5.69 Å². The SMILES string of the molecule is NC(=O)CONC(=O)Cc1ccc(N)cc1. The van der Waals surface area contributed by atoms with E-state index >= 15 is 0 Å². The molecule has 0 saturated carbocycles. The van der Waals surface area contributed by atoms with Gasteiger partial charge in [-0.15, -0.1) is 0 Å². The van der Waals surface area contributed by atoms with Gasteiger partial charge < -0.3 is 11.5 Å². The zero-order valence-corrected chi connectivity index (χ0v) is 8.60. The van der Waals surface area contributed by atoms with Gasteiger partial charge in [-0.2, -0.15) is 0 Å². The first-order valence-electron chi connectivity index (χ1n) is 4.61. The molecule has 1 aromatic carbocycles. The lowest BCUT2D eigenvalue weighted by Crippen LogP contribution is -2.30. The fourth-order valence-electron chi connectivity index (χ4n) is 1.04. The highest BCUT2D eigenvalue weighted by molar-refractivity contribution is 5.78. The molecule has 5 N–H and O–H groups in total. The van der Waals surface area contributed by atoms with Gasteiger partial charge >= 0.3 is 0 Å². The van der Waals surface area contributed by atoms with Gasteiger partial charge in [0.15, 0.2) is 6.61 Å². The molecular weight excluding hydrogens is 210 g/mol. The number of carbonyl (C=O) groups excluding carboxylic acids is 2. The summed E-state index contributed by atoms with van der Waals surface area (Å²) in [5, 5.41) is 0. The minimum Gasteiger partial charge on any atom is -0.399 e. The van der Waals surface area contributed by atoms with Crippen molar-refractivity contribution in [3.8, 4) is 0 Å². The second-order valence-electron chi connectivity index (χ2n) is 3.20. The van der Waals surface area contributed by atoms with Crippen molar-refractivity contribution in [3.05, 3.63) is 29.8 Å². The Hall–Kier alpha value is -2.08. The maximum atomic E-state index is 11.3. The maximum Gasteiger partial charge on any atom is 0.247 e. The van der Waals surface area contributed by atoms with Gasteiger partial charge in [-0.05, 0) is 17.7 Å². The first-order valence-corrected chi connectivity index (χ1v) is 4.61. The lowest BCUT2D eigenvalue weighted by Gasteiger charge is -2.04. The summed E-state index contributed by atoms with van der Waals surface area (Å²) in [4.78, 5) is 26.1. The van der Waals surface area contributed by atoms with Crippen LogP contribution in [-0.2, 0) is 20.8 Å². The van der Waals surface area contributed by atoms with Crippen molar-refractivity contribution in [2.45, 2.75) is 6.42 Å². The van der Waals surface area contributed by atoms with Gasteiger partial charge in [0.05, 0.1) is 6.42 Å². The van der Waals surface area contributed by atoms with E-state index in [-0.39, 0.29) is 18.9 Å². The van der Waals surface area contributed by atoms with Gasteiger partial charge in [0.1, 0.15) is 0 Å². The second kappa shape index (κ2) is 5.72. The number of hydrogen-bond acceptors (Lipinski definition) is 4. The number of rotatable bonds is 5. The number of nitrogens with two attached hydrogens (primary N) is 2. The molecule has 0 radical (unpaired) electrons. The highest BCUT2D eigenvalue weighted by Gasteiger charge is 2.03. The van der Waals surface area contributed by atoms with Gasteiger partial charge in [-0.25, -0.2) is 5.48 Å². The molecule has 0 atom stereocenters. The van der Waals surface area contributed by atoms with E-state index in [0.29, 0.717) is 5.69 Å². The monoisotopic (exact) mass is 223 g/mol. The van der Waals surface area contributed by atoms with Crippen LogP contribution in [0.3, 0.4) is 0 Å². The smallest absolute Gasteiger partial charge is 0.247 e. The van der Waals surface area contributed by atoms with Gasteiger partial charge in [-0.1, -0.05) is 12.1 Å².